The van der Waals surface area contributed by atoms with E-state index in [1.54, 1.807) is 36.4 Å². The minimum Gasteiger partial charge on any atom is -0.485 e. The molecule has 0 spiro atoms. The molecule has 0 saturated heterocycles. The minimum absolute atomic E-state index is 0.154. The second-order valence-electron chi connectivity index (χ2n) is 7.18. The molecule has 1 atom stereocenters. The van der Waals surface area contributed by atoms with Gasteiger partial charge in [0.2, 0.25) is 12.0 Å². The van der Waals surface area contributed by atoms with Crippen molar-refractivity contribution in [2.24, 2.45) is 0 Å². The summed E-state index contributed by atoms with van der Waals surface area (Å²) in [4.78, 5) is 21.3. The fourth-order valence-corrected chi connectivity index (χ4v) is 3.30. The number of aryl methyl sites for hydroxylation is 1. The summed E-state index contributed by atoms with van der Waals surface area (Å²) in [6.07, 6.45) is 3.09. The zero-order valence-electron chi connectivity index (χ0n) is 17.3. The molecule has 8 heteroatoms. The van der Waals surface area contributed by atoms with Crippen LogP contribution in [0.1, 0.15) is 5.82 Å². The van der Waals surface area contributed by atoms with Crippen molar-refractivity contribution in [1.82, 2.24) is 14.5 Å². The number of para-hydroxylation sites is 2. The number of carbonyl (C=O) groups excluding carboxylic acids is 1. The Morgan fingerprint density at radius 1 is 1.03 bits per heavy atom. The van der Waals surface area contributed by atoms with Crippen LogP contribution in [0.2, 0.25) is 0 Å². The van der Waals surface area contributed by atoms with Gasteiger partial charge >= 0.3 is 0 Å². The zero-order chi connectivity index (χ0) is 21.9. The van der Waals surface area contributed by atoms with E-state index in [9.17, 15) is 4.79 Å². The van der Waals surface area contributed by atoms with E-state index in [0.717, 1.165) is 5.82 Å². The average molecular weight is 428 g/mol. The van der Waals surface area contributed by atoms with Gasteiger partial charge in [0, 0.05) is 24.1 Å². The van der Waals surface area contributed by atoms with Gasteiger partial charge in [-0.3, -0.25) is 4.79 Å². The number of hydrogen-bond donors (Lipinski definition) is 1. The van der Waals surface area contributed by atoms with Crippen molar-refractivity contribution in [3.63, 3.8) is 0 Å². The minimum atomic E-state index is -0.725. The molecular formula is C24H20N4O4. The van der Waals surface area contributed by atoms with Crippen LogP contribution in [-0.4, -0.2) is 33.2 Å². The maximum absolute atomic E-state index is 12.6. The fourth-order valence-electron chi connectivity index (χ4n) is 3.30. The highest BCUT2D eigenvalue weighted by Gasteiger charge is 2.27. The molecule has 0 bridgehead atoms. The summed E-state index contributed by atoms with van der Waals surface area (Å²) in [6, 6.07) is 19.9. The second-order valence-corrected chi connectivity index (χ2v) is 7.18. The summed E-state index contributed by atoms with van der Waals surface area (Å²) in [5, 5.41) is 2.84. The van der Waals surface area contributed by atoms with Crippen molar-refractivity contribution in [2.45, 2.75) is 13.0 Å². The summed E-state index contributed by atoms with van der Waals surface area (Å²) >= 11 is 0. The van der Waals surface area contributed by atoms with Gasteiger partial charge < -0.3 is 24.1 Å². The van der Waals surface area contributed by atoms with E-state index >= 15 is 0 Å². The lowest BCUT2D eigenvalue weighted by Crippen LogP contribution is -2.40. The molecule has 0 fully saturated rings. The Balaban J connectivity index is 1.24. The first-order chi connectivity index (χ1) is 15.6. The Labute approximate surface area is 184 Å². The van der Waals surface area contributed by atoms with Crippen LogP contribution in [0.4, 0.5) is 5.69 Å². The largest absolute Gasteiger partial charge is 0.485 e. The molecule has 32 heavy (non-hydrogen) atoms. The van der Waals surface area contributed by atoms with E-state index in [1.807, 2.05) is 54.2 Å². The number of nitrogens with zero attached hydrogens (tertiary/aromatic N) is 3. The first-order valence-electron chi connectivity index (χ1n) is 10.1. The first-order valence-corrected chi connectivity index (χ1v) is 10.1. The monoisotopic (exact) mass is 428 g/mol. The maximum Gasteiger partial charge on any atom is 0.269 e. The number of amides is 1. The molecule has 4 aromatic rings. The van der Waals surface area contributed by atoms with Crippen LogP contribution < -0.4 is 19.5 Å². The fraction of sp³-hybridized carbons (Fsp3) is 0.125. The quantitative estimate of drug-likeness (QED) is 0.514. The van der Waals surface area contributed by atoms with E-state index in [1.165, 1.54) is 0 Å². The third kappa shape index (κ3) is 4.24. The third-order valence-corrected chi connectivity index (χ3v) is 4.82. The topological polar surface area (TPSA) is 87.5 Å². The molecule has 1 unspecified atom stereocenters. The average Bonchev–Trinajstić information content (AvgIpc) is 3.35. The zero-order valence-corrected chi connectivity index (χ0v) is 17.3. The van der Waals surface area contributed by atoms with Gasteiger partial charge in [0.05, 0.1) is 0 Å². The van der Waals surface area contributed by atoms with Gasteiger partial charge in [0.25, 0.3) is 5.91 Å². The standard InChI is InChI=1S/C24H20N4O4/c1-16-25-22(28-12-4-5-13-28)14-23(26-16)31-18-10-8-17(9-11-18)27-24(29)21-15-30-19-6-2-3-7-20(19)32-21/h2-14,21H,15H2,1H3,(H,27,29). The smallest absolute Gasteiger partial charge is 0.269 e. The number of hydrogen-bond acceptors (Lipinski definition) is 6. The molecule has 1 aliphatic heterocycles. The molecule has 3 heterocycles. The molecule has 0 aliphatic carbocycles. The Hall–Kier alpha value is -4.33. The molecule has 1 N–H and O–H groups in total. The van der Waals surface area contributed by atoms with Crippen molar-refractivity contribution in [3.8, 4) is 28.9 Å². The number of rotatable bonds is 5. The van der Waals surface area contributed by atoms with Gasteiger partial charge in [0.15, 0.2) is 11.5 Å². The van der Waals surface area contributed by atoms with Crippen LogP contribution in [0.3, 0.4) is 0 Å². The van der Waals surface area contributed by atoms with E-state index in [4.69, 9.17) is 14.2 Å². The Kier molecular flexibility index (Phi) is 5.17. The number of anilines is 1. The van der Waals surface area contributed by atoms with Crippen LogP contribution in [0, 0.1) is 6.92 Å². The van der Waals surface area contributed by atoms with Crippen LogP contribution >= 0.6 is 0 Å². The van der Waals surface area contributed by atoms with E-state index in [-0.39, 0.29) is 12.5 Å². The molecular weight excluding hydrogens is 408 g/mol. The molecule has 2 aromatic carbocycles. The van der Waals surface area contributed by atoms with Gasteiger partial charge in [0.1, 0.15) is 24.0 Å². The number of ether oxygens (including phenoxy) is 3. The van der Waals surface area contributed by atoms with Gasteiger partial charge in [-0.25, -0.2) is 4.98 Å². The van der Waals surface area contributed by atoms with Crippen molar-refractivity contribution in [1.29, 1.82) is 0 Å². The van der Waals surface area contributed by atoms with E-state index in [2.05, 4.69) is 15.3 Å². The summed E-state index contributed by atoms with van der Waals surface area (Å²) in [6.45, 7) is 1.97. The predicted molar refractivity (Wildman–Crippen MR) is 118 cm³/mol. The molecule has 1 amide bonds. The number of fused-ring (bicyclic) bond motifs is 1. The van der Waals surface area contributed by atoms with Crippen LogP contribution in [0.15, 0.2) is 79.1 Å². The van der Waals surface area contributed by atoms with Crippen molar-refractivity contribution >= 4 is 11.6 Å². The van der Waals surface area contributed by atoms with Crippen molar-refractivity contribution < 1.29 is 19.0 Å². The normalized spacial score (nSPS) is 14.6. The lowest BCUT2D eigenvalue weighted by atomic mass is 10.2. The summed E-state index contributed by atoms with van der Waals surface area (Å²) < 4.78 is 19.1. The lowest BCUT2D eigenvalue weighted by Gasteiger charge is -2.25. The molecule has 2 aromatic heterocycles. The molecule has 160 valence electrons. The SMILES string of the molecule is Cc1nc(Oc2ccc(NC(=O)C3COc4ccccc4O3)cc2)cc(-n2cccc2)n1. The number of benzene rings is 2. The number of carbonyl (C=O) groups is 1. The van der Waals surface area contributed by atoms with E-state index in [0.29, 0.717) is 34.6 Å². The summed E-state index contributed by atoms with van der Waals surface area (Å²) in [7, 11) is 0. The van der Waals surface area contributed by atoms with Crippen LogP contribution in [-0.2, 0) is 4.79 Å². The molecule has 0 radical (unpaired) electrons. The van der Waals surface area contributed by atoms with Crippen LogP contribution in [0.25, 0.3) is 5.82 Å². The molecule has 1 aliphatic rings. The highest BCUT2D eigenvalue weighted by molar-refractivity contribution is 5.94. The summed E-state index contributed by atoms with van der Waals surface area (Å²) in [5.74, 6) is 3.26. The number of nitrogens with one attached hydrogen (secondary N) is 1. The van der Waals surface area contributed by atoms with Gasteiger partial charge in [-0.2, -0.15) is 4.98 Å². The van der Waals surface area contributed by atoms with Gasteiger partial charge in [-0.05, 0) is 55.5 Å². The van der Waals surface area contributed by atoms with E-state index < -0.39 is 6.10 Å². The number of aromatic nitrogens is 3. The van der Waals surface area contributed by atoms with Crippen molar-refractivity contribution in [2.75, 3.05) is 11.9 Å². The highest BCUT2D eigenvalue weighted by atomic mass is 16.6. The first kappa shape index (κ1) is 19.6. The van der Waals surface area contributed by atoms with Crippen LogP contribution in [0.5, 0.6) is 23.1 Å². The second kappa shape index (κ2) is 8.43. The lowest BCUT2D eigenvalue weighted by molar-refractivity contribution is -0.125. The van der Waals surface area contributed by atoms with Gasteiger partial charge in [-0.15, -0.1) is 0 Å². The summed E-state index contributed by atoms with van der Waals surface area (Å²) in [5.41, 5.74) is 0.622. The molecule has 0 saturated carbocycles. The molecule has 5 rings (SSSR count). The van der Waals surface area contributed by atoms with Crippen molar-refractivity contribution in [3.05, 3.63) is 84.9 Å². The Morgan fingerprint density at radius 2 is 1.78 bits per heavy atom. The Bertz CT molecular complexity index is 1240. The highest BCUT2D eigenvalue weighted by Crippen LogP contribution is 2.31. The predicted octanol–water partition coefficient (Wildman–Crippen LogP) is 4.15. The molecule has 8 nitrogen and oxygen atoms in total. The van der Waals surface area contributed by atoms with Gasteiger partial charge in [-0.1, -0.05) is 12.1 Å². The third-order valence-electron chi connectivity index (χ3n) is 4.82. The maximum atomic E-state index is 12.6. The Morgan fingerprint density at radius 3 is 2.56 bits per heavy atom.